The monoisotopic (exact) mass is 481 g/mol. The van der Waals surface area contributed by atoms with E-state index in [9.17, 15) is 14.9 Å². The molecule has 0 unspecified atom stereocenters. The van der Waals surface area contributed by atoms with E-state index in [1.807, 2.05) is 0 Å². The first kappa shape index (κ1) is 23.8. The van der Waals surface area contributed by atoms with E-state index in [0.29, 0.717) is 39.9 Å². The second-order valence-corrected chi connectivity index (χ2v) is 9.09. The van der Waals surface area contributed by atoms with Gasteiger partial charge < -0.3 is 9.47 Å². The Morgan fingerprint density at radius 3 is 2.50 bits per heavy atom. The molecule has 0 fully saturated rings. The average molecular weight is 482 g/mol. The van der Waals surface area contributed by atoms with Gasteiger partial charge in [-0.15, -0.1) is 0 Å². The maximum Gasteiger partial charge on any atom is 0.269 e. The lowest BCUT2D eigenvalue weighted by molar-refractivity contribution is -0.384. The topological polar surface area (TPSA) is 96.5 Å². The Labute approximate surface area is 201 Å². The van der Waals surface area contributed by atoms with E-state index in [1.165, 1.54) is 42.3 Å². The van der Waals surface area contributed by atoms with Gasteiger partial charge in [-0.05, 0) is 43.7 Å². The van der Waals surface area contributed by atoms with Crippen LogP contribution in [0.1, 0.15) is 37.7 Å². The number of fused-ring (bicyclic) bond motifs is 1. The summed E-state index contributed by atoms with van der Waals surface area (Å²) in [6, 6.07) is 9.85. The third-order valence-electron chi connectivity index (χ3n) is 5.98. The summed E-state index contributed by atoms with van der Waals surface area (Å²) < 4.78 is 12.5. The molecule has 34 heavy (non-hydrogen) atoms. The number of nitrogens with zero attached hydrogens (tertiary/aromatic N) is 3. The predicted molar refractivity (Wildman–Crippen MR) is 133 cm³/mol. The van der Waals surface area contributed by atoms with Crippen LogP contribution in [0, 0.1) is 10.1 Å². The number of non-ortho nitro benzene ring substituents is 1. The largest absolute Gasteiger partial charge is 0.493 e. The lowest BCUT2D eigenvalue weighted by Crippen LogP contribution is -2.24. The molecular weight excluding hydrogens is 454 g/mol. The smallest absolute Gasteiger partial charge is 0.269 e. The van der Waals surface area contributed by atoms with Gasteiger partial charge in [0.1, 0.15) is 0 Å². The summed E-state index contributed by atoms with van der Waals surface area (Å²) in [5.74, 6) is 1.53. The number of allylic oxidation sites excluding steroid dienone is 2. The van der Waals surface area contributed by atoms with Crippen molar-refractivity contribution in [1.82, 2.24) is 9.55 Å². The molecule has 0 atom stereocenters. The minimum absolute atomic E-state index is 0.0521. The molecule has 0 N–H and O–H groups in total. The van der Waals surface area contributed by atoms with Gasteiger partial charge in [-0.3, -0.25) is 19.5 Å². The molecule has 1 aromatic heterocycles. The fraction of sp³-hybridized carbons (Fsp3) is 0.360. The number of benzene rings is 2. The summed E-state index contributed by atoms with van der Waals surface area (Å²) >= 11 is 1.44. The molecule has 0 saturated heterocycles. The summed E-state index contributed by atoms with van der Waals surface area (Å²) in [4.78, 5) is 28.9. The van der Waals surface area contributed by atoms with Gasteiger partial charge in [-0.25, -0.2) is 4.98 Å². The van der Waals surface area contributed by atoms with Crippen molar-refractivity contribution in [2.75, 3.05) is 14.2 Å². The standard InChI is InChI=1S/C25H27N3O5S/c1-32-22-14-20-21(15-23(22)33-2)26-25(34-16-18-8-10-19(11-9-18)28(30)31)27(24(20)29)13-12-17-6-4-3-5-7-17/h6,8-11,14-15H,3-5,7,12-13,16H2,1-2H3. The molecule has 2 aromatic carbocycles. The van der Waals surface area contributed by atoms with Gasteiger partial charge in [-0.2, -0.15) is 0 Å². The van der Waals surface area contributed by atoms with Crippen molar-refractivity contribution >= 4 is 28.4 Å². The molecule has 0 aliphatic heterocycles. The van der Waals surface area contributed by atoms with Crippen molar-refractivity contribution in [1.29, 1.82) is 0 Å². The van der Waals surface area contributed by atoms with E-state index in [0.717, 1.165) is 24.8 Å². The van der Waals surface area contributed by atoms with Gasteiger partial charge >= 0.3 is 0 Å². The van der Waals surface area contributed by atoms with E-state index in [-0.39, 0.29) is 11.2 Å². The Morgan fingerprint density at radius 1 is 1.12 bits per heavy atom. The number of ether oxygens (including phenoxy) is 2. The lowest BCUT2D eigenvalue weighted by atomic mass is 9.97. The van der Waals surface area contributed by atoms with Crippen LogP contribution in [-0.2, 0) is 12.3 Å². The van der Waals surface area contributed by atoms with Crippen LogP contribution in [0.15, 0.2) is 58.0 Å². The Hall–Kier alpha value is -3.33. The highest BCUT2D eigenvalue weighted by atomic mass is 32.2. The number of hydrogen-bond acceptors (Lipinski definition) is 7. The predicted octanol–water partition coefficient (Wildman–Crippen LogP) is 5.50. The number of nitro groups is 1. The molecule has 9 heteroatoms. The Kier molecular flexibility index (Phi) is 7.52. The quantitative estimate of drug-likeness (QED) is 0.131. The molecule has 0 saturated carbocycles. The summed E-state index contributed by atoms with van der Waals surface area (Å²) in [5.41, 5.74) is 2.78. The SMILES string of the molecule is COc1cc2nc(SCc3ccc([N+](=O)[O-])cc3)n(CCC3=CCCCC3)c(=O)c2cc1OC. The lowest BCUT2D eigenvalue weighted by Gasteiger charge is -2.17. The zero-order valence-electron chi connectivity index (χ0n) is 19.3. The van der Waals surface area contributed by atoms with E-state index in [2.05, 4.69) is 6.08 Å². The highest BCUT2D eigenvalue weighted by Crippen LogP contribution is 2.32. The third-order valence-corrected chi connectivity index (χ3v) is 7.03. The minimum atomic E-state index is -0.416. The Balaban J connectivity index is 1.69. The van der Waals surface area contributed by atoms with Crippen LogP contribution in [0.3, 0.4) is 0 Å². The number of methoxy groups -OCH3 is 2. The van der Waals surface area contributed by atoms with E-state index < -0.39 is 4.92 Å². The van der Waals surface area contributed by atoms with Crippen LogP contribution in [0.4, 0.5) is 5.69 Å². The number of hydrogen-bond donors (Lipinski definition) is 0. The van der Waals surface area contributed by atoms with Crippen LogP contribution in [0.2, 0.25) is 0 Å². The van der Waals surface area contributed by atoms with Crippen LogP contribution < -0.4 is 15.0 Å². The summed E-state index contributed by atoms with van der Waals surface area (Å²) in [7, 11) is 3.09. The third kappa shape index (κ3) is 5.25. The normalized spacial score (nSPS) is 13.5. The summed E-state index contributed by atoms with van der Waals surface area (Å²) in [6.07, 6.45) is 7.69. The maximum atomic E-state index is 13.5. The highest BCUT2D eigenvalue weighted by Gasteiger charge is 2.17. The van der Waals surface area contributed by atoms with E-state index in [4.69, 9.17) is 14.5 Å². The van der Waals surface area contributed by atoms with Crippen molar-refractivity contribution in [2.45, 2.75) is 49.6 Å². The van der Waals surface area contributed by atoms with Crippen molar-refractivity contribution in [3.63, 3.8) is 0 Å². The maximum absolute atomic E-state index is 13.5. The zero-order chi connectivity index (χ0) is 24.1. The first-order valence-electron chi connectivity index (χ1n) is 11.2. The second kappa shape index (κ2) is 10.7. The Morgan fingerprint density at radius 2 is 1.85 bits per heavy atom. The van der Waals surface area contributed by atoms with Crippen molar-refractivity contribution in [3.05, 3.63) is 74.1 Å². The molecular formula is C25H27N3O5S. The minimum Gasteiger partial charge on any atom is -0.493 e. The zero-order valence-corrected chi connectivity index (χ0v) is 20.1. The van der Waals surface area contributed by atoms with Crippen molar-refractivity contribution in [2.24, 2.45) is 0 Å². The van der Waals surface area contributed by atoms with E-state index in [1.54, 1.807) is 43.1 Å². The molecule has 1 aliphatic rings. The molecule has 1 aliphatic carbocycles. The molecule has 3 aromatic rings. The first-order chi connectivity index (χ1) is 16.5. The molecule has 0 radical (unpaired) electrons. The van der Waals surface area contributed by atoms with Crippen LogP contribution in [0.25, 0.3) is 10.9 Å². The fourth-order valence-corrected chi connectivity index (χ4v) is 5.07. The van der Waals surface area contributed by atoms with Crippen molar-refractivity contribution in [3.8, 4) is 11.5 Å². The molecule has 1 heterocycles. The van der Waals surface area contributed by atoms with Gasteiger partial charge in [0.25, 0.3) is 11.2 Å². The first-order valence-corrected chi connectivity index (χ1v) is 12.2. The van der Waals surface area contributed by atoms with E-state index >= 15 is 0 Å². The van der Waals surface area contributed by atoms with Crippen LogP contribution >= 0.6 is 11.8 Å². The van der Waals surface area contributed by atoms with Gasteiger partial charge in [0.05, 0.1) is 30.0 Å². The number of thioether (sulfide) groups is 1. The molecule has 178 valence electrons. The second-order valence-electron chi connectivity index (χ2n) is 8.15. The van der Waals surface area contributed by atoms with Gasteiger partial charge in [0.2, 0.25) is 0 Å². The van der Waals surface area contributed by atoms with Crippen LogP contribution in [0.5, 0.6) is 11.5 Å². The number of rotatable bonds is 9. The number of nitro benzene ring substituents is 1. The number of aromatic nitrogens is 2. The fourth-order valence-electron chi connectivity index (χ4n) is 4.08. The van der Waals surface area contributed by atoms with Gasteiger partial charge in [0, 0.05) is 30.5 Å². The van der Waals surface area contributed by atoms with Gasteiger partial charge in [-0.1, -0.05) is 35.5 Å². The highest BCUT2D eigenvalue weighted by molar-refractivity contribution is 7.98. The average Bonchev–Trinajstić information content (AvgIpc) is 2.87. The van der Waals surface area contributed by atoms with Crippen LogP contribution in [-0.4, -0.2) is 28.7 Å². The molecule has 0 amide bonds. The van der Waals surface area contributed by atoms with Gasteiger partial charge in [0.15, 0.2) is 16.7 Å². The molecule has 4 rings (SSSR count). The molecule has 8 nitrogen and oxygen atoms in total. The molecule has 0 spiro atoms. The Bertz CT molecular complexity index is 1280. The summed E-state index contributed by atoms with van der Waals surface area (Å²) in [6.45, 7) is 0.546. The summed E-state index contributed by atoms with van der Waals surface area (Å²) in [5, 5.41) is 12.0. The van der Waals surface area contributed by atoms with Crippen molar-refractivity contribution < 1.29 is 14.4 Å². The molecule has 0 bridgehead atoms.